The minimum absolute atomic E-state index is 0.171. The minimum Gasteiger partial charge on any atom is -0.480 e. The van der Waals surface area contributed by atoms with Crippen LogP contribution in [0.5, 0.6) is 0 Å². The van der Waals surface area contributed by atoms with E-state index in [2.05, 4.69) is 0 Å². The van der Waals surface area contributed by atoms with Gasteiger partial charge in [0, 0.05) is 10.6 Å². The normalized spacial score (nSPS) is 20.1. The number of thioether (sulfide) groups is 1. The molecule has 1 amide bonds. The van der Waals surface area contributed by atoms with Gasteiger partial charge in [0.05, 0.1) is 10.8 Å². The number of carboxylic acid groups (broad SMARTS) is 1. The number of rotatable bonds is 2. The average molecular weight is 257 g/mol. The first-order valence-corrected chi connectivity index (χ1v) is 6.74. The van der Waals surface area contributed by atoms with E-state index in [-0.39, 0.29) is 5.91 Å². The fourth-order valence-corrected chi connectivity index (χ4v) is 3.51. The zero-order valence-electron chi connectivity index (χ0n) is 8.67. The second-order valence-electron chi connectivity index (χ2n) is 3.54. The number of carbonyl (C=O) groups excluding carboxylic acids is 1. The first-order valence-electron chi connectivity index (χ1n) is 4.77. The lowest BCUT2D eigenvalue weighted by Gasteiger charge is -2.19. The number of carboxylic acids is 1. The molecule has 0 spiro atoms. The van der Waals surface area contributed by atoms with Gasteiger partial charge in [-0.3, -0.25) is 4.79 Å². The van der Waals surface area contributed by atoms with Crippen LogP contribution in [0.1, 0.15) is 14.5 Å². The van der Waals surface area contributed by atoms with E-state index >= 15 is 0 Å². The zero-order chi connectivity index (χ0) is 11.7. The van der Waals surface area contributed by atoms with Gasteiger partial charge >= 0.3 is 5.97 Å². The van der Waals surface area contributed by atoms with Crippen molar-refractivity contribution in [3.8, 4) is 0 Å². The second kappa shape index (κ2) is 4.47. The minimum atomic E-state index is -0.924. The summed E-state index contributed by atoms with van der Waals surface area (Å²) in [7, 11) is 0. The Hall–Kier alpha value is -1.01. The lowest BCUT2D eigenvalue weighted by molar-refractivity contribution is -0.140. The fraction of sp³-hybridized carbons (Fsp3) is 0.400. The predicted molar refractivity (Wildman–Crippen MR) is 64.0 cm³/mol. The van der Waals surface area contributed by atoms with Crippen molar-refractivity contribution in [2.75, 3.05) is 11.6 Å². The van der Waals surface area contributed by atoms with Gasteiger partial charge in [-0.05, 0) is 19.1 Å². The van der Waals surface area contributed by atoms with E-state index in [1.807, 2.05) is 13.0 Å². The van der Waals surface area contributed by atoms with Crippen molar-refractivity contribution in [2.45, 2.75) is 13.0 Å². The molecular formula is C10H11NO3S2. The molecule has 1 aliphatic heterocycles. The summed E-state index contributed by atoms with van der Waals surface area (Å²) in [6, 6.07) is 2.95. The standard InChI is InChI=1S/C10H11NO3S2/c1-6-2-3-8(16-6)9(12)11-5-15-4-7(11)10(13)14/h2-3,7H,4-5H2,1H3,(H,13,14). The van der Waals surface area contributed by atoms with Gasteiger partial charge < -0.3 is 10.0 Å². The van der Waals surface area contributed by atoms with E-state index in [4.69, 9.17) is 5.11 Å². The van der Waals surface area contributed by atoms with Gasteiger partial charge in [-0.25, -0.2) is 4.79 Å². The summed E-state index contributed by atoms with van der Waals surface area (Å²) in [6.07, 6.45) is 0. The molecule has 1 atom stereocenters. The lowest BCUT2D eigenvalue weighted by atomic mass is 10.3. The predicted octanol–water partition coefficient (Wildman–Crippen LogP) is 1.66. The molecule has 2 rings (SSSR count). The van der Waals surface area contributed by atoms with Crippen LogP contribution in [0.3, 0.4) is 0 Å². The van der Waals surface area contributed by atoms with Crippen molar-refractivity contribution in [2.24, 2.45) is 0 Å². The van der Waals surface area contributed by atoms with Gasteiger partial charge in [0.25, 0.3) is 5.91 Å². The van der Waals surface area contributed by atoms with Crippen LogP contribution in [0.15, 0.2) is 12.1 Å². The molecule has 1 aliphatic rings. The smallest absolute Gasteiger partial charge is 0.327 e. The summed E-state index contributed by atoms with van der Waals surface area (Å²) in [4.78, 5) is 26.1. The van der Waals surface area contributed by atoms with Gasteiger partial charge in [0.2, 0.25) is 0 Å². The van der Waals surface area contributed by atoms with Crippen molar-refractivity contribution in [3.05, 3.63) is 21.9 Å². The molecule has 16 heavy (non-hydrogen) atoms. The number of carbonyl (C=O) groups is 2. The molecule has 4 nitrogen and oxygen atoms in total. The third kappa shape index (κ3) is 2.08. The Morgan fingerprint density at radius 3 is 2.81 bits per heavy atom. The van der Waals surface area contributed by atoms with E-state index in [1.54, 1.807) is 6.07 Å². The van der Waals surface area contributed by atoms with E-state index in [0.29, 0.717) is 16.5 Å². The SMILES string of the molecule is Cc1ccc(C(=O)N2CSCC2C(=O)O)s1. The first-order chi connectivity index (χ1) is 7.59. The second-order valence-corrected chi connectivity index (χ2v) is 5.83. The van der Waals surface area contributed by atoms with Crippen molar-refractivity contribution in [3.63, 3.8) is 0 Å². The van der Waals surface area contributed by atoms with Crippen LogP contribution in [0.2, 0.25) is 0 Å². The molecule has 0 aliphatic carbocycles. The maximum Gasteiger partial charge on any atom is 0.327 e. The quantitative estimate of drug-likeness (QED) is 0.875. The van der Waals surface area contributed by atoms with Crippen LogP contribution in [-0.2, 0) is 4.79 Å². The number of hydrogen-bond donors (Lipinski definition) is 1. The first kappa shape index (κ1) is 11.5. The number of aryl methyl sites for hydroxylation is 1. The molecule has 6 heteroatoms. The highest BCUT2D eigenvalue weighted by Crippen LogP contribution is 2.25. The maximum atomic E-state index is 12.0. The summed E-state index contributed by atoms with van der Waals surface area (Å²) in [6.45, 7) is 1.93. The highest BCUT2D eigenvalue weighted by molar-refractivity contribution is 7.99. The summed E-state index contributed by atoms with van der Waals surface area (Å²) in [5.74, 6) is -0.153. The molecule has 1 aromatic rings. The van der Waals surface area contributed by atoms with Crippen LogP contribution in [-0.4, -0.2) is 39.6 Å². The van der Waals surface area contributed by atoms with E-state index in [9.17, 15) is 9.59 Å². The molecule has 0 radical (unpaired) electrons. The summed E-state index contributed by atoms with van der Waals surface area (Å²) >= 11 is 2.88. The largest absolute Gasteiger partial charge is 0.480 e. The molecule has 2 heterocycles. The fourth-order valence-electron chi connectivity index (χ4n) is 1.54. The van der Waals surface area contributed by atoms with Crippen molar-refractivity contribution in [1.82, 2.24) is 4.90 Å². The van der Waals surface area contributed by atoms with Crippen molar-refractivity contribution < 1.29 is 14.7 Å². The molecule has 1 fully saturated rings. The molecular weight excluding hydrogens is 246 g/mol. The van der Waals surface area contributed by atoms with Gasteiger partial charge in [0.15, 0.2) is 0 Å². The number of aliphatic carboxylic acids is 1. The molecule has 1 saturated heterocycles. The summed E-state index contributed by atoms with van der Waals surface area (Å²) in [5.41, 5.74) is 0. The lowest BCUT2D eigenvalue weighted by Crippen LogP contribution is -2.41. The number of hydrogen-bond acceptors (Lipinski definition) is 4. The van der Waals surface area contributed by atoms with E-state index in [0.717, 1.165) is 4.88 Å². The highest BCUT2D eigenvalue weighted by atomic mass is 32.2. The van der Waals surface area contributed by atoms with Gasteiger partial charge in [-0.15, -0.1) is 23.1 Å². The number of nitrogens with zero attached hydrogens (tertiary/aromatic N) is 1. The average Bonchev–Trinajstić information content (AvgIpc) is 2.84. The third-order valence-corrected chi connectivity index (χ3v) is 4.38. The van der Waals surface area contributed by atoms with Crippen molar-refractivity contribution >= 4 is 35.0 Å². The zero-order valence-corrected chi connectivity index (χ0v) is 10.3. The molecule has 0 bridgehead atoms. The Morgan fingerprint density at radius 1 is 1.50 bits per heavy atom. The number of thiophene rings is 1. The highest BCUT2D eigenvalue weighted by Gasteiger charge is 2.35. The third-order valence-electron chi connectivity index (χ3n) is 2.38. The molecule has 86 valence electrons. The van der Waals surface area contributed by atoms with Crippen LogP contribution in [0, 0.1) is 6.92 Å². The molecule has 0 saturated carbocycles. The van der Waals surface area contributed by atoms with Crippen LogP contribution >= 0.6 is 23.1 Å². The van der Waals surface area contributed by atoms with Crippen LogP contribution in [0.25, 0.3) is 0 Å². The van der Waals surface area contributed by atoms with Gasteiger partial charge in [0.1, 0.15) is 6.04 Å². The van der Waals surface area contributed by atoms with E-state index in [1.165, 1.54) is 28.0 Å². The Bertz CT molecular complexity index is 429. The van der Waals surface area contributed by atoms with Crippen LogP contribution < -0.4 is 0 Å². The monoisotopic (exact) mass is 257 g/mol. The Labute approximate surface area is 101 Å². The molecule has 0 aromatic carbocycles. The Kier molecular flexibility index (Phi) is 3.20. The van der Waals surface area contributed by atoms with Crippen LogP contribution in [0.4, 0.5) is 0 Å². The summed E-state index contributed by atoms with van der Waals surface area (Å²) in [5, 5.41) is 8.98. The van der Waals surface area contributed by atoms with Gasteiger partial charge in [-0.1, -0.05) is 0 Å². The van der Waals surface area contributed by atoms with Crippen molar-refractivity contribution in [1.29, 1.82) is 0 Å². The Morgan fingerprint density at radius 2 is 2.25 bits per heavy atom. The molecule has 1 aromatic heterocycles. The summed E-state index contributed by atoms with van der Waals surface area (Å²) < 4.78 is 0. The number of amides is 1. The van der Waals surface area contributed by atoms with Gasteiger partial charge in [-0.2, -0.15) is 0 Å². The molecule has 1 unspecified atom stereocenters. The Balaban J connectivity index is 2.18. The topological polar surface area (TPSA) is 57.6 Å². The maximum absolute atomic E-state index is 12.0. The van der Waals surface area contributed by atoms with E-state index < -0.39 is 12.0 Å². The molecule has 1 N–H and O–H groups in total.